The van der Waals surface area contributed by atoms with Gasteiger partial charge >= 0.3 is 0 Å². The van der Waals surface area contributed by atoms with E-state index in [-0.39, 0.29) is 5.78 Å². The minimum absolute atomic E-state index is 0.0224. The van der Waals surface area contributed by atoms with E-state index in [1.165, 1.54) is 117 Å². The lowest BCUT2D eigenvalue weighted by atomic mass is 9.69. The quantitative estimate of drug-likeness (QED) is 0.155. The van der Waals surface area contributed by atoms with Crippen molar-refractivity contribution in [3.8, 4) is 55.6 Å². The molecule has 4 aliphatic rings. The summed E-state index contributed by atoms with van der Waals surface area (Å²) < 4.78 is 0. The van der Waals surface area contributed by atoms with Crippen LogP contribution in [0, 0.1) is 27.7 Å². The molecule has 0 aliphatic heterocycles. The van der Waals surface area contributed by atoms with Crippen LogP contribution in [-0.4, -0.2) is 5.78 Å². The Hall–Kier alpha value is -9.11. The molecule has 0 radical (unpaired) electrons. The minimum Gasteiger partial charge on any atom is -0.310 e. The summed E-state index contributed by atoms with van der Waals surface area (Å²) in [5.74, 6) is 0.0224. The van der Waals surface area contributed by atoms with E-state index in [1.807, 2.05) is 0 Å². The standard InChI is InChI=1S/C73H51NO/c1-44-25-32-51(33-26-44)74(52-34-27-45(2)28-35-52)70-40-46(3)61(39-47(70)4)48-29-36-58-56-18-8-13-23-65(56)73(67(58)41-48)66-24-14-9-19-57(66)60-38-31-50(43-69(60)73)71(75)49-30-37-59-55-17-7-12-22-64(55)72(68(59)42-49)62-20-10-5-15-53(62)54-16-6-11-21-63(54)72/h5-43H,1-4H3. The fourth-order valence-corrected chi connectivity index (χ4v) is 14.0. The van der Waals surface area contributed by atoms with Gasteiger partial charge in [0.05, 0.1) is 10.8 Å². The molecule has 0 saturated heterocycles. The van der Waals surface area contributed by atoms with Gasteiger partial charge in [0.1, 0.15) is 0 Å². The van der Waals surface area contributed by atoms with Crippen molar-refractivity contribution in [2.75, 3.05) is 4.90 Å². The van der Waals surface area contributed by atoms with Gasteiger partial charge in [-0.15, -0.1) is 0 Å². The van der Waals surface area contributed by atoms with Crippen molar-refractivity contribution < 1.29 is 4.79 Å². The molecule has 1 atom stereocenters. The van der Waals surface area contributed by atoms with E-state index in [0.29, 0.717) is 11.1 Å². The monoisotopic (exact) mass is 957 g/mol. The Kier molecular flexibility index (Phi) is 9.24. The molecular formula is C73H51NO. The molecule has 1 unspecified atom stereocenters. The summed E-state index contributed by atoms with van der Waals surface area (Å²) >= 11 is 0. The first-order valence-electron chi connectivity index (χ1n) is 26.3. The van der Waals surface area contributed by atoms with Crippen LogP contribution < -0.4 is 4.90 Å². The number of benzene rings is 11. The first kappa shape index (κ1) is 43.5. The molecule has 0 amide bonds. The largest absolute Gasteiger partial charge is 0.310 e. The van der Waals surface area contributed by atoms with Crippen LogP contribution in [0.2, 0.25) is 0 Å². The predicted molar refractivity (Wildman–Crippen MR) is 308 cm³/mol. The Labute approximate surface area is 438 Å². The van der Waals surface area contributed by atoms with E-state index in [0.717, 1.165) is 22.6 Å². The number of anilines is 3. The SMILES string of the molecule is Cc1ccc(N(c2ccc(C)cc2)c2cc(C)c(-c3ccc4c(c3)C3(c5ccccc5-c5ccc(C(=O)c6ccc7c(c6)C6(c8ccccc8-c8ccccc86)c6ccccc6-7)cc53)c3ccccc3-4)cc2C)cc1. The van der Waals surface area contributed by atoms with Gasteiger partial charge in [0.2, 0.25) is 0 Å². The van der Waals surface area contributed by atoms with E-state index in [1.54, 1.807) is 0 Å². The Morgan fingerprint density at radius 1 is 0.307 bits per heavy atom. The van der Waals surface area contributed by atoms with E-state index in [9.17, 15) is 0 Å². The van der Waals surface area contributed by atoms with Crippen molar-refractivity contribution >= 4 is 22.8 Å². The molecule has 11 aromatic rings. The summed E-state index contributed by atoms with van der Waals surface area (Å²) in [6.45, 7) is 8.77. The molecule has 354 valence electrons. The van der Waals surface area contributed by atoms with Gasteiger partial charge in [-0.3, -0.25) is 4.79 Å². The summed E-state index contributed by atoms with van der Waals surface area (Å²) in [5, 5.41) is 0. The third-order valence-electron chi connectivity index (χ3n) is 17.3. The van der Waals surface area contributed by atoms with Crippen LogP contribution >= 0.6 is 0 Å². The van der Waals surface area contributed by atoms with Crippen LogP contribution in [0.4, 0.5) is 17.1 Å². The first-order chi connectivity index (χ1) is 36.7. The number of rotatable bonds is 6. The van der Waals surface area contributed by atoms with Gasteiger partial charge in [0.15, 0.2) is 5.78 Å². The van der Waals surface area contributed by atoms with Crippen LogP contribution in [0.3, 0.4) is 0 Å². The maximum Gasteiger partial charge on any atom is 0.193 e. The number of nitrogens with zero attached hydrogens (tertiary/aromatic N) is 1. The van der Waals surface area contributed by atoms with Gasteiger partial charge in [0.25, 0.3) is 0 Å². The van der Waals surface area contributed by atoms with E-state index in [2.05, 4.69) is 269 Å². The van der Waals surface area contributed by atoms with Crippen molar-refractivity contribution in [3.05, 3.63) is 314 Å². The molecule has 0 aromatic heterocycles. The van der Waals surface area contributed by atoms with Gasteiger partial charge in [-0.2, -0.15) is 0 Å². The van der Waals surface area contributed by atoms with Crippen molar-refractivity contribution in [1.82, 2.24) is 0 Å². The summed E-state index contributed by atoms with van der Waals surface area (Å²) in [5.41, 5.74) is 30.5. The molecular weight excluding hydrogens is 907 g/mol. The Morgan fingerprint density at radius 3 is 1.07 bits per heavy atom. The summed E-state index contributed by atoms with van der Waals surface area (Å²) in [4.78, 5) is 18.0. The summed E-state index contributed by atoms with van der Waals surface area (Å²) in [6, 6.07) is 87.0. The number of carbonyl (C=O) groups is 1. The molecule has 2 nitrogen and oxygen atoms in total. The zero-order chi connectivity index (χ0) is 50.3. The average molecular weight is 958 g/mol. The zero-order valence-corrected chi connectivity index (χ0v) is 42.4. The van der Waals surface area contributed by atoms with Gasteiger partial charge < -0.3 is 4.90 Å². The summed E-state index contributed by atoms with van der Waals surface area (Å²) in [6.07, 6.45) is 0. The number of aryl methyl sites for hydroxylation is 4. The highest BCUT2D eigenvalue weighted by molar-refractivity contribution is 6.11. The van der Waals surface area contributed by atoms with Gasteiger partial charge in [-0.1, -0.05) is 193 Å². The fourth-order valence-electron chi connectivity index (χ4n) is 14.0. The van der Waals surface area contributed by atoms with Gasteiger partial charge in [-0.05, 0) is 194 Å². The Bertz CT molecular complexity index is 4130. The average Bonchev–Trinajstić information content (AvgIpc) is 4.35. The second-order valence-electron chi connectivity index (χ2n) is 21.3. The lowest BCUT2D eigenvalue weighted by Crippen LogP contribution is -2.26. The van der Waals surface area contributed by atoms with Crippen LogP contribution in [0.5, 0.6) is 0 Å². The van der Waals surface area contributed by atoms with Crippen molar-refractivity contribution in [3.63, 3.8) is 0 Å². The molecule has 15 rings (SSSR count). The number of hydrogen-bond acceptors (Lipinski definition) is 2. The third kappa shape index (κ3) is 5.88. The molecule has 4 aliphatic carbocycles. The van der Waals surface area contributed by atoms with E-state index < -0.39 is 10.8 Å². The fraction of sp³-hybridized carbons (Fsp3) is 0.0822. The Morgan fingerprint density at radius 2 is 0.653 bits per heavy atom. The number of fused-ring (bicyclic) bond motifs is 20. The van der Waals surface area contributed by atoms with Crippen molar-refractivity contribution in [2.45, 2.75) is 38.5 Å². The smallest absolute Gasteiger partial charge is 0.193 e. The van der Waals surface area contributed by atoms with Crippen LogP contribution in [0.15, 0.2) is 237 Å². The highest BCUT2D eigenvalue weighted by atomic mass is 16.1. The molecule has 11 aromatic carbocycles. The van der Waals surface area contributed by atoms with Crippen LogP contribution in [0.25, 0.3) is 55.6 Å². The number of ketones is 1. The Balaban J connectivity index is 0.883. The lowest BCUT2D eigenvalue weighted by molar-refractivity contribution is 0.103. The molecule has 75 heavy (non-hydrogen) atoms. The number of hydrogen-bond donors (Lipinski definition) is 0. The van der Waals surface area contributed by atoms with Gasteiger partial charge in [-0.25, -0.2) is 0 Å². The van der Waals surface area contributed by atoms with Gasteiger partial charge in [0, 0.05) is 28.2 Å². The molecule has 2 heteroatoms. The molecule has 0 N–H and O–H groups in total. The highest BCUT2D eigenvalue weighted by Gasteiger charge is 2.53. The molecule has 0 saturated carbocycles. The van der Waals surface area contributed by atoms with E-state index in [4.69, 9.17) is 0 Å². The maximum absolute atomic E-state index is 15.6. The second-order valence-corrected chi connectivity index (χ2v) is 21.3. The number of carbonyl (C=O) groups excluding carboxylic acids is 1. The zero-order valence-electron chi connectivity index (χ0n) is 42.4. The highest BCUT2D eigenvalue weighted by Crippen LogP contribution is 2.65. The summed E-state index contributed by atoms with van der Waals surface area (Å²) in [7, 11) is 0. The van der Waals surface area contributed by atoms with Crippen LogP contribution in [0.1, 0.15) is 82.7 Å². The minimum atomic E-state index is -0.651. The lowest BCUT2D eigenvalue weighted by Gasteiger charge is -2.31. The molecule has 0 heterocycles. The van der Waals surface area contributed by atoms with Crippen molar-refractivity contribution in [1.29, 1.82) is 0 Å². The first-order valence-corrected chi connectivity index (χ1v) is 26.3. The van der Waals surface area contributed by atoms with Crippen LogP contribution in [-0.2, 0) is 10.8 Å². The van der Waals surface area contributed by atoms with Crippen molar-refractivity contribution in [2.24, 2.45) is 0 Å². The van der Waals surface area contributed by atoms with E-state index >= 15 is 4.79 Å². The predicted octanol–water partition coefficient (Wildman–Crippen LogP) is 18.0. The normalized spacial score (nSPS) is 15.1. The maximum atomic E-state index is 15.6. The molecule has 2 spiro atoms. The topological polar surface area (TPSA) is 20.3 Å². The second kappa shape index (κ2) is 15.9. The third-order valence-corrected chi connectivity index (χ3v) is 17.3. The molecule has 0 bridgehead atoms. The molecule has 0 fully saturated rings.